The second kappa shape index (κ2) is 8.20. The number of benzene rings is 1. The van der Waals surface area contributed by atoms with Crippen LogP contribution < -0.4 is 16.0 Å². The minimum Gasteiger partial charge on any atom is -0.339 e. The third kappa shape index (κ3) is 6.57. The van der Waals surface area contributed by atoms with Gasteiger partial charge >= 0.3 is 0 Å². The normalized spacial score (nSPS) is 12.7. The number of thiocarbonyl (C=S) groups is 1. The summed E-state index contributed by atoms with van der Waals surface area (Å²) in [6, 6.07) is 7.64. The van der Waals surface area contributed by atoms with E-state index in [4.69, 9.17) is 47.0 Å². The lowest BCUT2D eigenvalue weighted by atomic mass is 10.2. The number of hydrogen-bond acceptors (Lipinski definition) is 2. The summed E-state index contributed by atoms with van der Waals surface area (Å²) in [6.45, 7) is 5.47. The van der Waals surface area contributed by atoms with Gasteiger partial charge in [0.1, 0.15) is 6.17 Å². The first-order valence-corrected chi connectivity index (χ1v) is 8.15. The van der Waals surface area contributed by atoms with Gasteiger partial charge in [0, 0.05) is 11.6 Å². The van der Waals surface area contributed by atoms with Crippen LogP contribution in [-0.2, 0) is 4.79 Å². The molecule has 0 unspecified atom stereocenters. The van der Waals surface area contributed by atoms with Crippen LogP contribution in [0.2, 0.25) is 0 Å². The van der Waals surface area contributed by atoms with E-state index in [1.165, 1.54) is 0 Å². The molecule has 1 atom stereocenters. The highest BCUT2D eigenvalue weighted by Gasteiger charge is 2.35. The number of amides is 1. The van der Waals surface area contributed by atoms with Crippen molar-refractivity contribution in [2.75, 3.05) is 5.32 Å². The monoisotopic (exact) mass is 381 g/mol. The lowest BCUT2D eigenvalue weighted by Gasteiger charge is -2.28. The fraction of sp³-hybridized carbons (Fsp3) is 0.429. The number of rotatable bonds is 4. The number of nitrogens with one attached hydrogen (secondary N) is 3. The zero-order valence-electron chi connectivity index (χ0n) is 12.4. The van der Waals surface area contributed by atoms with Crippen molar-refractivity contribution in [3.05, 3.63) is 29.8 Å². The number of halogens is 3. The lowest BCUT2D eigenvalue weighted by molar-refractivity contribution is -0.124. The molecule has 0 aliphatic rings. The molecule has 0 bridgehead atoms. The standard InChI is InChI=1S/C14H18Cl3N3OS/c1-8(2)11(21)19-12(14(15,16)17)20-13(22)18-10-6-4-9(3)5-7-10/h4-8,12H,1-3H3,(H,19,21)(H2,18,20,22)/t12-/m1/s1. The lowest BCUT2D eigenvalue weighted by Crippen LogP contribution is -2.56. The van der Waals surface area contributed by atoms with Crippen molar-refractivity contribution in [1.29, 1.82) is 0 Å². The number of carbonyl (C=O) groups is 1. The molecule has 0 saturated carbocycles. The summed E-state index contributed by atoms with van der Waals surface area (Å²) < 4.78 is -1.75. The van der Waals surface area contributed by atoms with E-state index >= 15 is 0 Å². The van der Waals surface area contributed by atoms with E-state index in [2.05, 4.69) is 16.0 Å². The maximum atomic E-state index is 11.8. The Morgan fingerprint density at radius 2 is 1.68 bits per heavy atom. The predicted octanol–water partition coefficient (Wildman–Crippen LogP) is 3.75. The molecule has 0 fully saturated rings. The number of aryl methyl sites for hydroxylation is 1. The van der Waals surface area contributed by atoms with E-state index in [1.807, 2.05) is 31.2 Å². The van der Waals surface area contributed by atoms with Gasteiger partial charge in [0.25, 0.3) is 0 Å². The molecule has 1 rings (SSSR count). The molecule has 22 heavy (non-hydrogen) atoms. The van der Waals surface area contributed by atoms with Crippen molar-refractivity contribution in [2.45, 2.75) is 30.7 Å². The average Bonchev–Trinajstić information content (AvgIpc) is 2.39. The van der Waals surface area contributed by atoms with Crippen LogP contribution in [-0.4, -0.2) is 21.0 Å². The highest BCUT2D eigenvalue weighted by Crippen LogP contribution is 2.29. The predicted molar refractivity (Wildman–Crippen MR) is 97.6 cm³/mol. The molecule has 1 aromatic rings. The van der Waals surface area contributed by atoms with Crippen LogP contribution in [0.25, 0.3) is 0 Å². The molecule has 0 aliphatic carbocycles. The van der Waals surface area contributed by atoms with Crippen molar-refractivity contribution >= 4 is 63.7 Å². The van der Waals surface area contributed by atoms with Crippen LogP contribution in [0.5, 0.6) is 0 Å². The summed E-state index contributed by atoms with van der Waals surface area (Å²) in [5, 5.41) is 8.61. The highest BCUT2D eigenvalue weighted by molar-refractivity contribution is 7.80. The molecule has 122 valence electrons. The van der Waals surface area contributed by atoms with Gasteiger partial charge in [-0.05, 0) is 31.3 Å². The molecule has 3 N–H and O–H groups in total. The molecule has 1 aromatic carbocycles. The SMILES string of the molecule is Cc1ccc(NC(=S)N[C@@H](NC(=O)C(C)C)C(Cl)(Cl)Cl)cc1. The first-order chi connectivity index (χ1) is 10.1. The number of hydrogen-bond donors (Lipinski definition) is 3. The van der Waals surface area contributed by atoms with E-state index in [9.17, 15) is 4.79 Å². The zero-order valence-corrected chi connectivity index (χ0v) is 15.5. The summed E-state index contributed by atoms with van der Waals surface area (Å²) >= 11 is 22.8. The summed E-state index contributed by atoms with van der Waals surface area (Å²) in [5.41, 5.74) is 1.93. The van der Waals surface area contributed by atoms with Crippen LogP contribution in [0.1, 0.15) is 19.4 Å². The number of carbonyl (C=O) groups excluding carboxylic acids is 1. The first-order valence-electron chi connectivity index (χ1n) is 6.61. The van der Waals surface area contributed by atoms with Gasteiger partial charge in [0.2, 0.25) is 9.70 Å². The maximum Gasteiger partial charge on any atom is 0.228 e. The topological polar surface area (TPSA) is 53.2 Å². The van der Waals surface area contributed by atoms with Gasteiger partial charge < -0.3 is 16.0 Å². The zero-order chi connectivity index (χ0) is 16.9. The maximum absolute atomic E-state index is 11.8. The molecule has 0 aliphatic heterocycles. The molecule has 4 nitrogen and oxygen atoms in total. The Morgan fingerprint density at radius 1 is 1.14 bits per heavy atom. The minimum atomic E-state index is -1.75. The van der Waals surface area contributed by atoms with Gasteiger partial charge in [-0.3, -0.25) is 4.79 Å². The van der Waals surface area contributed by atoms with Crippen molar-refractivity contribution in [3.8, 4) is 0 Å². The Kier molecular flexibility index (Phi) is 7.19. The Morgan fingerprint density at radius 3 is 2.14 bits per heavy atom. The number of alkyl halides is 3. The molecule has 0 heterocycles. The van der Waals surface area contributed by atoms with Crippen molar-refractivity contribution in [2.24, 2.45) is 5.92 Å². The van der Waals surface area contributed by atoms with Gasteiger partial charge in [-0.2, -0.15) is 0 Å². The molecule has 0 saturated heterocycles. The molecule has 0 aromatic heterocycles. The molecule has 0 radical (unpaired) electrons. The largest absolute Gasteiger partial charge is 0.339 e. The molecular weight excluding hydrogens is 365 g/mol. The summed E-state index contributed by atoms with van der Waals surface area (Å²) in [4.78, 5) is 11.8. The number of anilines is 1. The highest BCUT2D eigenvalue weighted by atomic mass is 35.6. The van der Waals surface area contributed by atoms with Crippen LogP contribution in [0, 0.1) is 12.8 Å². The Balaban J connectivity index is 2.70. The van der Waals surface area contributed by atoms with Crippen LogP contribution in [0.3, 0.4) is 0 Å². The Labute approximate surface area is 150 Å². The third-order valence-electron chi connectivity index (χ3n) is 2.72. The van der Waals surface area contributed by atoms with Gasteiger partial charge in [-0.1, -0.05) is 66.3 Å². The minimum absolute atomic E-state index is 0.240. The van der Waals surface area contributed by atoms with E-state index in [1.54, 1.807) is 13.8 Å². The van der Waals surface area contributed by atoms with Crippen molar-refractivity contribution < 1.29 is 4.79 Å². The van der Waals surface area contributed by atoms with Crippen molar-refractivity contribution in [1.82, 2.24) is 10.6 Å². The van der Waals surface area contributed by atoms with Crippen LogP contribution in [0.15, 0.2) is 24.3 Å². The summed E-state index contributed by atoms with van der Waals surface area (Å²) in [6.07, 6.45) is -0.946. The Bertz CT molecular complexity index is 529. The Hall–Kier alpha value is -0.750. The quantitative estimate of drug-likeness (QED) is 0.422. The fourth-order valence-electron chi connectivity index (χ4n) is 1.44. The molecular formula is C14H18Cl3N3OS. The molecule has 8 heteroatoms. The molecule has 1 amide bonds. The van der Waals surface area contributed by atoms with Gasteiger partial charge in [-0.15, -0.1) is 0 Å². The van der Waals surface area contributed by atoms with Crippen LogP contribution >= 0.6 is 47.0 Å². The summed E-state index contributed by atoms with van der Waals surface area (Å²) in [7, 11) is 0. The third-order valence-corrected chi connectivity index (χ3v) is 3.60. The smallest absolute Gasteiger partial charge is 0.228 e. The van der Waals surface area contributed by atoms with Gasteiger partial charge in [0.05, 0.1) is 0 Å². The first kappa shape index (κ1) is 19.3. The molecule has 0 spiro atoms. The second-order valence-corrected chi connectivity index (χ2v) is 7.88. The fourth-order valence-corrected chi connectivity index (χ4v) is 2.01. The second-order valence-electron chi connectivity index (χ2n) is 5.10. The van der Waals surface area contributed by atoms with E-state index in [0.717, 1.165) is 11.3 Å². The van der Waals surface area contributed by atoms with Gasteiger partial charge in [0.15, 0.2) is 5.11 Å². The van der Waals surface area contributed by atoms with Crippen LogP contribution in [0.4, 0.5) is 5.69 Å². The van der Waals surface area contributed by atoms with E-state index in [0.29, 0.717) is 0 Å². The average molecular weight is 383 g/mol. The van der Waals surface area contributed by atoms with Gasteiger partial charge in [-0.25, -0.2) is 0 Å². The van der Waals surface area contributed by atoms with E-state index < -0.39 is 9.96 Å². The van der Waals surface area contributed by atoms with Crippen molar-refractivity contribution in [3.63, 3.8) is 0 Å². The van der Waals surface area contributed by atoms with E-state index in [-0.39, 0.29) is 16.9 Å². The summed E-state index contributed by atoms with van der Waals surface area (Å²) in [5.74, 6) is -0.489.